The van der Waals surface area contributed by atoms with Gasteiger partial charge in [-0.25, -0.2) is 18.4 Å². The minimum Gasteiger partial charge on any atom is -0.497 e. The molecule has 2 N–H and O–H groups in total. The van der Waals surface area contributed by atoms with Crippen LogP contribution in [-0.4, -0.2) is 79.0 Å². The van der Waals surface area contributed by atoms with Crippen LogP contribution in [0.3, 0.4) is 0 Å². The molecule has 52 heavy (non-hydrogen) atoms. The number of hydrogen-bond donors (Lipinski definition) is 2. The lowest BCUT2D eigenvalue weighted by Gasteiger charge is -2.26. The monoisotopic (exact) mass is 749 g/mol. The number of allylic oxidation sites excluding steroid dienone is 2. The number of amides is 2. The van der Waals surface area contributed by atoms with E-state index in [4.69, 9.17) is 19.4 Å². The zero-order valence-corrected chi connectivity index (χ0v) is 31.7. The van der Waals surface area contributed by atoms with Crippen LogP contribution in [0.25, 0.3) is 22.3 Å². The van der Waals surface area contributed by atoms with E-state index in [0.29, 0.717) is 60.6 Å². The van der Waals surface area contributed by atoms with Gasteiger partial charge < -0.3 is 19.7 Å². The molecule has 2 aromatic heterocycles. The first-order chi connectivity index (χ1) is 24.9. The number of methoxy groups -OCH3 is 1. The number of ether oxygens (including phenoxy) is 2. The van der Waals surface area contributed by atoms with E-state index in [2.05, 4.69) is 10.0 Å². The number of hydrogen-bond acceptors (Lipinski definition) is 11. The Morgan fingerprint density at radius 2 is 1.87 bits per heavy atom. The van der Waals surface area contributed by atoms with Crippen LogP contribution < -0.4 is 19.5 Å². The molecular formula is C38H47N5O7S2. The minimum absolute atomic E-state index is 0.114. The number of aromatic nitrogens is 2. The average molecular weight is 750 g/mol. The van der Waals surface area contributed by atoms with Gasteiger partial charge in [0.05, 0.1) is 34.9 Å². The van der Waals surface area contributed by atoms with Crippen LogP contribution in [0, 0.1) is 23.2 Å². The Morgan fingerprint density at radius 3 is 2.62 bits per heavy atom. The summed E-state index contributed by atoms with van der Waals surface area (Å²) in [6.45, 7) is 4.67. The molecule has 0 unspecified atom stereocenters. The smallest absolute Gasteiger partial charge is 0.240 e. The molecule has 5 atom stereocenters. The second-order valence-electron chi connectivity index (χ2n) is 15.1. The third kappa shape index (κ3) is 7.55. The van der Waals surface area contributed by atoms with Gasteiger partial charge in [-0.2, -0.15) is 0 Å². The predicted molar refractivity (Wildman–Crippen MR) is 200 cm³/mol. The summed E-state index contributed by atoms with van der Waals surface area (Å²) < 4.78 is 40.2. The van der Waals surface area contributed by atoms with Crippen LogP contribution in [-0.2, 0) is 24.4 Å². The van der Waals surface area contributed by atoms with Gasteiger partial charge in [-0.3, -0.25) is 19.1 Å². The van der Waals surface area contributed by atoms with Crippen molar-refractivity contribution in [3.05, 3.63) is 41.8 Å². The highest BCUT2D eigenvalue weighted by Crippen LogP contribution is 2.58. The number of carbonyl (C=O) groups excluding carboxylic acids is 3. The summed E-state index contributed by atoms with van der Waals surface area (Å²) in [5, 5.41) is 6.26. The number of nitrogens with one attached hydrogen (secondary N) is 2. The van der Waals surface area contributed by atoms with E-state index in [1.165, 1.54) is 11.3 Å². The van der Waals surface area contributed by atoms with E-state index in [1.54, 1.807) is 19.1 Å². The number of nitrogens with zero attached hydrogens (tertiary/aromatic N) is 3. The SMILES string of the molecule is COc1ccc2c(O[C@@H]3C[C@H]4C(=O)C[C@]5(C(=O)NS(=O)(=O)C6CC6)C[C@H]5/C=C\CCCCN(C)C(=O)[C@@H]4C3)cc(-c3csc(NC(C)C)n3)nc2c1. The van der Waals surface area contributed by atoms with Gasteiger partial charge in [-0.1, -0.05) is 12.2 Å². The van der Waals surface area contributed by atoms with Gasteiger partial charge in [0.15, 0.2) is 5.13 Å². The summed E-state index contributed by atoms with van der Waals surface area (Å²) in [5.74, 6) is -1.28. The fourth-order valence-corrected chi connectivity index (χ4v) is 9.90. The molecule has 1 aromatic carbocycles. The second-order valence-corrected chi connectivity index (χ2v) is 17.9. The first kappa shape index (κ1) is 36.3. The van der Waals surface area contributed by atoms with E-state index in [1.807, 2.05) is 55.6 Å². The maximum Gasteiger partial charge on any atom is 0.240 e. The molecule has 3 fully saturated rings. The van der Waals surface area contributed by atoms with E-state index in [9.17, 15) is 22.8 Å². The molecule has 0 spiro atoms. The van der Waals surface area contributed by atoms with Crippen LogP contribution in [0.2, 0.25) is 0 Å². The molecule has 7 rings (SSSR count). The second kappa shape index (κ2) is 14.4. The topological polar surface area (TPSA) is 157 Å². The largest absolute Gasteiger partial charge is 0.497 e. The normalized spacial score (nSPS) is 27.4. The third-order valence-electron chi connectivity index (χ3n) is 10.8. The van der Waals surface area contributed by atoms with Crippen LogP contribution in [0.15, 0.2) is 41.8 Å². The lowest BCUT2D eigenvalue weighted by molar-refractivity contribution is -0.140. The Hall–Kier alpha value is -4.04. The Bertz CT molecular complexity index is 2010. The van der Waals surface area contributed by atoms with Crippen molar-refractivity contribution in [3.63, 3.8) is 0 Å². The standard InChI is InChI=1S/C38H47N5O7S2/c1-22(2)39-37-41-32(21-51-37)31-18-34(27-13-10-24(49-4)17-30(27)40-31)50-25-15-28-29(16-25)35(45)43(3)14-8-6-5-7-9-23-19-38(23,20-33(28)44)36(46)42-52(47,48)26-11-12-26/h7,9-10,13,17-18,21-23,25-26,28-29H,5-6,8,11-12,14-16,19-20H2,1-4H3,(H,39,41)(H,42,46)/b9-7-/t23-,25-,28-,29-,38-/m1/s1. The van der Waals surface area contributed by atoms with Crippen molar-refractivity contribution in [3.8, 4) is 22.9 Å². The molecule has 14 heteroatoms. The van der Waals surface area contributed by atoms with Crippen molar-refractivity contribution in [2.45, 2.75) is 89.0 Å². The molecule has 278 valence electrons. The maximum absolute atomic E-state index is 14.4. The number of sulfonamides is 1. The van der Waals surface area contributed by atoms with Gasteiger partial charge in [-0.05, 0) is 83.3 Å². The van der Waals surface area contributed by atoms with Crippen LogP contribution in [0.1, 0.15) is 71.6 Å². The van der Waals surface area contributed by atoms with Crippen LogP contribution in [0.5, 0.6) is 11.5 Å². The summed E-state index contributed by atoms with van der Waals surface area (Å²) in [6, 6.07) is 7.65. The number of Topliss-reactive ketones (excluding diaryl/α,β-unsaturated/α-hetero) is 1. The third-order valence-corrected chi connectivity index (χ3v) is 13.4. The number of rotatable bonds is 9. The van der Waals surface area contributed by atoms with E-state index in [-0.39, 0.29) is 36.5 Å². The molecule has 0 saturated heterocycles. The number of pyridine rings is 1. The fraction of sp³-hybridized carbons (Fsp3) is 0.553. The Kier molecular flexibility index (Phi) is 10.1. The molecule has 0 bridgehead atoms. The Morgan fingerprint density at radius 1 is 1.08 bits per heavy atom. The molecule has 4 aliphatic rings. The van der Waals surface area contributed by atoms with Crippen molar-refractivity contribution in [1.29, 1.82) is 0 Å². The molecular weight excluding hydrogens is 703 g/mol. The quantitative estimate of drug-likeness (QED) is 0.259. The summed E-state index contributed by atoms with van der Waals surface area (Å²) in [7, 11) is -0.412. The molecule has 3 aromatic rings. The minimum atomic E-state index is -3.79. The highest BCUT2D eigenvalue weighted by atomic mass is 32.2. The zero-order valence-electron chi connectivity index (χ0n) is 30.1. The van der Waals surface area contributed by atoms with Crippen LogP contribution in [0.4, 0.5) is 5.13 Å². The molecule has 1 aliphatic heterocycles. The predicted octanol–water partition coefficient (Wildman–Crippen LogP) is 5.73. The van der Waals surface area contributed by atoms with E-state index in [0.717, 1.165) is 29.8 Å². The lowest BCUT2D eigenvalue weighted by atomic mass is 9.84. The van der Waals surface area contributed by atoms with Crippen LogP contribution >= 0.6 is 11.3 Å². The molecule has 0 radical (unpaired) electrons. The number of anilines is 1. The van der Waals surface area contributed by atoms with Crippen molar-refractivity contribution < 1.29 is 32.3 Å². The fourth-order valence-electron chi connectivity index (χ4n) is 7.66. The van der Waals surface area contributed by atoms with Gasteiger partial charge in [-0.15, -0.1) is 11.3 Å². The Labute approximate surface area is 308 Å². The van der Waals surface area contributed by atoms with Gasteiger partial charge in [0.25, 0.3) is 0 Å². The molecule has 3 aliphatic carbocycles. The Balaban J connectivity index is 1.19. The molecule has 12 nitrogen and oxygen atoms in total. The molecule has 3 heterocycles. The van der Waals surface area contributed by atoms with Gasteiger partial charge >= 0.3 is 0 Å². The van der Waals surface area contributed by atoms with Crippen molar-refractivity contribution in [1.82, 2.24) is 19.6 Å². The first-order valence-corrected chi connectivity index (χ1v) is 20.7. The number of fused-ring (bicyclic) bond motifs is 3. The summed E-state index contributed by atoms with van der Waals surface area (Å²) in [6.07, 6.45) is 7.90. The average Bonchev–Trinajstić information content (AvgIpc) is 3.99. The highest BCUT2D eigenvalue weighted by molar-refractivity contribution is 7.90. The van der Waals surface area contributed by atoms with E-state index < -0.39 is 44.5 Å². The number of thiazole rings is 1. The lowest BCUT2D eigenvalue weighted by Crippen LogP contribution is -2.42. The van der Waals surface area contributed by atoms with Gasteiger partial charge in [0.1, 0.15) is 29.1 Å². The van der Waals surface area contributed by atoms with Crippen molar-refractivity contribution >= 4 is 55.0 Å². The zero-order chi connectivity index (χ0) is 36.8. The summed E-state index contributed by atoms with van der Waals surface area (Å²) >= 11 is 1.49. The number of benzene rings is 1. The van der Waals surface area contributed by atoms with Gasteiger partial charge in [0, 0.05) is 54.9 Å². The summed E-state index contributed by atoms with van der Waals surface area (Å²) in [5.41, 5.74) is 0.817. The summed E-state index contributed by atoms with van der Waals surface area (Å²) in [4.78, 5) is 53.4. The van der Waals surface area contributed by atoms with Crippen molar-refractivity contribution in [2.75, 3.05) is 26.0 Å². The van der Waals surface area contributed by atoms with Gasteiger partial charge in [0.2, 0.25) is 21.8 Å². The highest BCUT2D eigenvalue weighted by Gasteiger charge is 2.61. The molecule has 3 saturated carbocycles. The molecule has 2 amide bonds. The number of carbonyl (C=O) groups is 3. The number of ketones is 1. The maximum atomic E-state index is 14.4. The van der Waals surface area contributed by atoms with Crippen molar-refractivity contribution in [2.24, 2.45) is 23.2 Å². The van der Waals surface area contributed by atoms with E-state index >= 15 is 0 Å². The first-order valence-electron chi connectivity index (χ1n) is 18.2.